The minimum absolute atomic E-state index is 0.230. The summed E-state index contributed by atoms with van der Waals surface area (Å²) in [7, 11) is 1.50. The van der Waals surface area contributed by atoms with Crippen molar-refractivity contribution < 1.29 is 19.5 Å². The number of likely N-dealkylation sites (N-methyl/N-ethyl adjacent to an activating group) is 1. The van der Waals surface area contributed by atoms with E-state index in [9.17, 15) is 14.4 Å². The fourth-order valence-electron chi connectivity index (χ4n) is 2.37. The maximum Gasteiger partial charge on any atom is 0.323 e. The Balaban J connectivity index is 2.09. The summed E-state index contributed by atoms with van der Waals surface area (Å²) in [4.78, 5) is 38.5. The largest absolute Gasteiger partial charge is 0.480 e. The summed E-state index contributed by atoms with van der Waals surface area (Å²) in [6.07, 6.45) is 3.23. The SMILES string of the molecule is CC(C(=O)N(C)CC(=O)N(CC(=O)O)c1ccccc1)n1cccn1. The molecule has 1 N–H and O–H groups in total. The molecule has 8 nitrogen and oxygen atoms in total. The van der Waals surface area contributed by atoms with Gasteiger partial charge in [0.25, 0.3) is 0 Å². The number of nitrogens with zero attached hydrogens (tertiary/aromatic N) is 4. The maximum atomic E-state index is 12.5. The fourth-order valence-corrected chi connectivity index (χ4v) is 2.37. The number of benzene rings is 1. The van der Waals surface area contributed by atoms with E-state index in [0.717, 1.165) is 4.90 Å². The van der Waals surface area contributed by atoms with Crippen molar-refractivity contribution in [1.82, 2.24) is 14.7 Å². The Kier molecular flexibility index (Phi) is 5.89. The first-order valence-corrected chi connectivity index (χ1v) is 7.71. The van der Waals surface area contributed by atoms with Crippen molar-refractivity contribution in [3.8, 4) is 0 Å². The highest BCUT2D eigenvalue weighted by Gasteiger charge is 2.25. The van der Waals surface area contributed by atoms with Gasteiger partial charge in [0, 0.05) is 25.1 Å². The zero-order valence-electron chi connectivity index (χ0n) is 14.1. The fraction of sp³-hybridized carbons (Fsp3) is 0.294. The van der Waals surface area contributed by atoms with Crippen LogP contribution >= 0.6 is 0 Å². The molecule has 0 fully saturated rings. The minimum Gasteiger partial charge on any atom is -0.480 e. The van der Waals surface area contributed by atoms with Gasteiger partial charge in [-0.05, 0) is 25.1 Å². The van der Waals surface area contributed by atoms with E-state index in [1.165, 1.54) is 16.6 Å². The number of amides is 2. The number of carboxylic acid groups (broad SMARTS) is 1. The highest BCUT2D eigenvalue weighted by Crippen LogP contribution is 2.14. The molecule has 25 heavy (non-hydrogen) atoms. The number of aromatic nitrogens is 2. The van der Waals surface area contributed by atoms with E-state index in [1.807, 2.05) is 0 Å². The Bertz CT molecular complexity index is 730. The van der Waals surface area contributed by atoms with Gasteiger partial charge in [-0.2, -0.15) is 5.10 Å². The number of carbonyl (C=O) groups excluding carboxylic acids is 2. The van der Waals surface area contributed by atoms with Crippen LogP contribution in [0.15, 0.2) is 48.8 Å². The van der Waals surface area contributed by atoms with Gasteiger partial charge < -0.3 is 10.0 Å². The van der Waals surface area contributed by atoms with Crippen LogP contribution in [0.5, 0.6) is 0 Å². The number of para-hydroxylation sites is 1. The molecule has 1 atom stereocenters. The summed E-state index contributed by atoms with van der Waals surface area (Å²) < 4.78 is 1.50. The summed E-state index contributed by atoms with van der Waals surface area (Å²) in [6.45, 7) is 0.981. The standard InChI is InChI=1S/C17H20N4O4/c1-13(21-10-6-9-18-21)17(25)19(2)11-15(22)20(12-16(23)24)14-7-4-3-5-8-14/h3-10,13H,11-12H2,1-2H3,(H,23,24). The van der Waals surface area contributed by atoms with E-state index in [1.54, 1.807) is 55.7 Å². The molecule has 0 saturated heterocycles. The van der Waals surface area contributed by atoms with Crippen molar-refractivity contribution in [3.05, 3.63) is 48.8 Å². The molecule has 0 saturated carbocycles. The number of hydrogen-bond acceptors (Lipinski definition) is 4. The third kappa shape index (κ3) is 4.66. The van der Waals surface area contributed by atoms with E-state index < -0.39 is 24.5 Å². The van der Waals surface area contributed by atoms with Crippen LogP contribution in [0.3, 0.4) is 0 Å². The molecule has 1 unspecified atom stereocenters. The van der Waals surface area contributed by atoms with E-state index >= 15 is 0 Å². The van der Waals surface area contributed by atoms with Crippen LogP contribution in [0.1, 0.15) is 13.0 Å². The Morgan fingerprint density at radius 1 is 1.16 bits per heavy atom. The van der Waals surface area contributed by atoms with Crippen molar-refractivity contribution >= 4 is 23.5 Å². The first-order valence-electron chi connectivity index (χ1n) is 7.71. The Morgan fingerprint density at radius 3 is 2.40 bits per heavy atom. The zero-order chi connectivity index (χ0) is 18.4. The summed E-state index contributed by atoms with van der Waals surface area (Å²) in [5.41, 5.74) is 0.468. The molecule has 132 valence electrons. The second-order valence-corrected chi connectivity index (χ2v) is 5.57. The van der Waals surface area contributed by atoms with Gasteiger partial charge in [0.15, 0.2) is 0 Å². The Morgan fingerprint density at radius 2 is 1.84 bits per heavy atom. The van der Waals surface area contributed by atoms with E-state index in [2.05, 4.69) is 5.10 Å². The van der Waals surface area contributed by atoms with Crippen molar-refractivity contribution in [2.75, 3.05) is 25.0 Å². The first-order chi connectivity index (χ1) is 11.9. The maximum absolute atomic E-state index is 12.5. The van der Waals surface area contributed by atoms with Crippen molar-refractivity contribution in [3.63, 3.8) is 0 Å². The molecule has 1 heterocycles. The third-order valence-corrected chi connectivity index (χ3v) is 3.69. The number of aliphatic carboxylic acids is 1. The number of hydrogen-bond donors (Lipinski definition) is 1. The number of rotatable bonds is 7. The summed E-state index contributed by atoms with van der Waals surface area (Å²) in [6, 6.07) is 9.65. The molecule has 0 aliphatic rings. The highest BCUT2D eigenvalue weighted by atomic mass is 16.4. The van der Waals surface area contributed by atoms with Crippen LogP contribution in [-0.4, -0.2) is 57.7 Å². The number of anilines is 1. The molecule has 8 heteroatoms. The Labute approximate surface area is 145 Å². The smallest absolute Gasteiger partial charge is 0.323 e. The van der Waals surface area contributed by atoms with Crippen LogP contribution in [0.4, 0.5) is 5.69 Å². The molecule has 0 aliphatic heterocycles. The van der Waals surface area contributed by atoms with Gasteiger partial charge in [-0.25, -0.2) is 0 Å². The van der Waals surface area contributed by atoms with Crippen LogP contribution < -0.4 is 4.90 Å². The predicted octanol–water partition coefficient (Wildman–Crippen LogP) is 1.02. The molecule has 0 radical (unpaired) electrons. The van der Waals surface area contributed by atoms with Gasteiger partial charge in [0.2, 0.25) is 11.8 Å². The lowest BCUT2D eigenvalue weighted by molar-refractivity contribution is -0.138. The number of carbonyl (C=O) groups is 3. The minimum atomic E-state index is -1.13. The second kappa shape index (κ2) is 8.09. The van der Waals surface area contributed by atoms with Crippen LogP contribution in [0, 0.1) is 0 Å². The molecule has 2 amide bonds. The number of carboxylic acids is 1. The zero-order valence-corrected chi connectivity index (χ0v) is 14.1. The lowest BCUT2D eigenvalue weighted by Gasteiger charge is -2.26. The predicted molar refractivity (Wildman–Crippen MR) is 91.0 cm³/mol. The van der Waals surface area contributed by atoms with Crippen LogP contribution in [-0.2, 0) is 14.4 Å². The summed E-state index contributed by atoms with van der Waals surface area (Å²) in [5, 5.41) is 13.1. The van der Waals surface area contributed by atoms with Gasteiger partial charge in [-0.3, -0.25) is 24.0 Å². The third-order valence-electron chi connectivity index (χ3n) is 3.69. The van der Waals surface area contributed by atoms with E-state index in [0.29, 0.717) is 5.69 Å². The van der Waals surface area contributed by atoms with E-state index in [-0.39, 0.29) is 12.5 Å². The highest BCUT2D eigenvalue weighted by molar-refractivity contribution is 6.00. The molecule has 1 aromatic heterocycles. The normalized spacial score (nSPS) is 11.6. The summed E-state index contributed by atoms with van der Waals surface area (Å²) >= 11 is 0. The molecule has 2 aromatic rings. The van der Waals surface area contributed by atoms with Gasteiger partial charge in [0.1, 0.15) is 12.6 Å². The average molecular weight is 344 g/mol. The molecule has 0 bridgehead atoms. The van der Waals surface area contributed by atoms with Gasteiger partial charge >= 0.3 is 5.97 Å². The second-order valence-electron chi connectivity index (χ2n) is 5.57. The summed E-state index contributed by atoms with van der Waals surface area (Å²) in [5.74, 6) is -1.89. The lowest BCUT2D eigenvalue weighted by Crippen LogP contribution is -2.44. The average Bonchev–Trinajstić information content (AvgIpc) is 3.13. The van der Waals surface area contributed by atoms with Crippen LogP contribution in [0.25, 0.3) is 0 Å². The molecule has 0 aliphatic carbocycles. The monoisotopic (exact) mass is 344 g/mol. The molecule has 0 spiro atoms. The Hall–Kier alpha value is -3.16. The quantitative estimate of drug-likeness (QED) is 0.809. The molecule has 1 aromatic carbocycles. The first kappa shape index (κ1) is 18.2. The van der Waals surface area contributed by atoms with Crippen molar-refractivity contribution in [1.29, 1.82) is 0 Å². The topological polar surface area (TPSA) is 95.7 Å². The van der Waals surface area contributed by atoms with Gasteiger partial charge in [0.05, 0.1) is 6.54 Å². The molecular weight excluding hydrogens is 324 g/mol. The van der Waals surface area contributed by atoms with Gasteiger partial charge in [-0.15, -0.1) is 0 Å². The van der Waals surface area contributed by atoms with Gasteiger partial charge in [-0.1, -0.05) is 18.2 Å². The molecular formula is C17H20N4O4. The lowest BCUT2D eigenvalue weighted by atomic mass is 10.2. The molecule has 2 rings (SSSR count). The van der Waals surface area contributed by atoms with Crippen molar-refractivity contribution in [2.24, 2.45) is 0 Å². The van der Waals surface area contributed by atoms with Crippen LogP contribution in [0.2, 0.25) is 0 Å². The van der Waals surface area contributed by atoms with E-state index in [4.69, 9.17) is 5.11 Å². The van der Waals surface area contributed by atoms with Crippen molar-refractivity contribution in [2.45, 2.75) is 13.0 Å².